The Morgan fingerprint density at radius 3 is 2.94 bits per heavy atom. The minimum atomic E-state index is -0.184. The van der Waals surface area contributed by atoms with Gasteiger partial charge in [0.05, 0.1) is 11.4 Å². The highest BCUT2D eigenvalue weighted by Gasteiger charge is 2.16. The maximum Gasteiger partial charge on any atom is 0.178 e. The Morgan fingerprint density at radius 1 is 1.50 bits per heavy atom. The zero-order valence-corrected chi connectivity index (χ0v) is 12.1. The van der Waals surface area contributed by atoms with E-state index in [1.54, 1.807) is 6.20 Å². The van der Waals surface area contributed by atoms with Crippen LogP contribution in [0.4, 0.5) is 0 Å². The molecule has 0 radical (unpaired) electrons. The van der Waals surface area contributed by atoms with E-state index in [0.717, 1.165) is 23.1 Å². The number of hydrogen-bond donors (Lipinski definition) is 1. The maximum absolute atomic E-state index is 12.0. The maximum atomic E-state index is 12.0. The van der Waals surface area contributed by atoms with Crippen LogP contribution in [0, 0.1) is 0 Å². The van der Waals surface area contributed by atoms with Crippen molar-refractivity contribution in [3.63, 3.8) is 0 Å². The topological polar surface area (TPSA) is 42.1 Å². The summed E-state index contributed by atoms with van der Waals surface area (Å²) in [5.74, 6) is 0.883. The Kier molecular flexibility index (Phi) is 4.07. The van der Waals surface area contributed by atoms with E-state index in [0.29, 0.717) is 12.2 Å². The summed E-state index contributed by atoms with van der Waals surface area (Å²) in [6, 6.07) is 5.78. The Morgan fingerprint density at radius 2 is 2.28 bits per heavy atom. The highest BCUT2D eigenvalue weighted by atomic mass is 79.9. The number of benzene rings is 1. The second kappa shape index (κ2) is 5.57. The van der Waals surface area contributed by atoms with E-state index in [9.17, 15) is 4.79 Å². The van der Waals surface area contributed by atoms with E-state index in [1.807, 2.05) is 25.1 Å². The number of fused-ring (bicyclic) bond motifs is 1. The molecule has 0 bridgehead atoms. The number of carbonyl (C=O) groups is 1. The molecule has 1 unspecified atom stereocenters. The minimum absolute atomic E-state index is 0.0777. The fourth-order valence-corrected chi connectivity index (χ4v) is 2.07. The number of aromatic nitrogens is 1. The zero-order valence-electron chi connectivity index (χ0n) is 10.5. The number of hydrogen-bond acceptors (Lipinski definition) is 2. The van der Waals surface area contributed by atoms with Gasteiger partial charge in [0.2, 0.25) is 0 Å². The summed E-state index contributed by atoms with van der Waals surface area (Å²) in [4.78, 5) is 15.0. The zero-order chi connectivity index (χ0) is 13.1. The third-order valence-electron chi connectivity index (χ3n) is 2.75. The fourth-order valence-electron chi connectivity index (χ4n) is 1.83. The summed E-state index contributed by atoms with van der Waals surface area (Å²) in [5, 5.41) is 0.917. The standard InChI is InChI=1S/C14H16BrNO2/c1-3-6-18-10-4-5-13-11(7-10)12(8-16-13)14(17)9(2)15/h4-5,7-9,16H,3,6H2,1-2H3. The van der Waals surface area contributed by atoms with Crippen molar-refractivity contribution in [1.82, 2.24) is 4.98 Å². The number of carbonyl (C=O) groups excluding carboxylic acids is 1. The lowest BCUT2D eigenvalue weighted by Gasteiger charge is -2.05. The molecule has 0 saturated carbocycles. The lowest BCUT2D eigenvalue weighted by molar-refractivity contribution is 0.0997. The Balaban J connectivity index is 2.40. The van der Waals surface area contributed by atoms with E-state index in [2.05, 4.69) is 27.8 Å². The average molecular weight is 310 g/mol. The number of halogens is 1. The number of nitrogens with one attached hydrogen (secondary N) is 1. The van der Waals surface area contributed by atoms with E-state index >= 15 is 0 Å². The number of alkyl halides is 1. The first-order valence-corrected chi connectivity index (χ1v) is 6.97. The van der Waals surface area contributed by atoms with Gasteiger partial charge in [0.25, 0.3) is 0 Å². The first kappa shape index (κ1) is 13.1. The third kappa shape index (κ3) is 2.58. The summed E-state index contributed by atoms with van der Waals surface area (Å²) in [6.45, 7) is 4.59. The van der Waals surface area contributed by atoms with E-state index in [-0.39, 0.29) is 10.6 Å². The van der Waals surface area contributed by atoms with Crippen molar-refractivity contribution in [2.75, 3.05) is 6.61 Å². The smallest absolute Gasteiger partial charge is 0.178 e. The number of aromatic amines is 1. The van der Waals surface area contributed by atoms with Crippen LogP contribution in [0.15, 0.2) is 24.4 Å². The second-order valence-electron chi connectivity index (χ2n) is 4.24. The number of rotatable bonds is 5. The minimum Gasteiger partial charge on any atom is -0.494 e. The van der Waals surface area contributed by atoms with Crippen LogP contribution in [0.3, 0.4) is 0 Å². The lowest BCUT2D eigenvalue weighted by Crippen LogP contribution is -2.09. The molecule has 1 aromatic heterocycles. The Hall–Kier alpha value is -1.29. The van der Waals surface area contributed by atoms with Crippen LogP contribution in [0.5, 0.6) is 5.75 Å². The number of Topliss-reactive ketones (excluding diaryl/α,β-unsaturated/α-hetero) is 1. The molecular formula is C14H16BrNO2. The molecule has 4 heteroatoms. The van der Waals surface area contributed by atoms with Gasteiger partial charge in [-0.15, -0.1) is 0 Å². The molecule has 96 valence electrons. The molecular weight excluding hydrogens is 294 g/mol. The van der Waals surface area contributed by atoms with Gasteiger partial charge in [-0.1, -0.05) is 22.9 Å². The van der Waals surface area contributed by atoms with Crippen LogP contribution >= 0.6 is 15.9 Å². The Bertz CT molecular complexity index is 560. The van der Waals surface area contributed by atoms with Crippen LogP contribution < -0.4 is 4.74 Å². The van der Waals surface area contributed by atoms with Gasteiger partial charge >= 0.3 is 0 Å². The fraction of sp³-hybridized carbons (Fsp3) is 0.357. The predicted molar refractivity (Wildman–Crippen MR) is 76.8 cm³/mol. The summed E-state index contributed by atoms with van der Waals surface area (Å²) < 4.78 is 5.59. The van der Waals surface area contributed by atoms with E-state index < -0.39 is 0 Å². The molecule has 0 spiro atoms. The first-order valence-electron chi connectivity index (χ1n) is 6.05. The summed E-state index contributed by atoms with van der Waals surface area (Å²) in [6.07, 6.45) is 2.73. The van der Waals surface area contributed by atoms with Crippen LogP contribution in [-0.4, -0.2) is 22.2 Å². The number of H-pyrrole nitrogens is 1. The van der Waals surface area contributed by atoms with E-state index in [4.69, 9.17) is 4.74 Å². The molecule has 0 saturated heterocycles. The number of ether oxygens (including phenoxy) is 1. The SMILES string of the molecule is CCCOc1ccc2[nH]cc(C(=O)C(C)Br)c2c1. The van der Waals surface area contributed by atoms with Crippen molar-refractivity contribution in [3.05, 3.63) is 30.0 Å². The van der Waals surface area contributed by atoms with Crippen LogP contribution in [0.25, 0.3) is 10.9 Å². The molecule has 1 aromatic carbocycles. The molecule has 18 heavy (non-hydrogen) atoms. The largest absolute Gasteiger partial charge is 0.494 e. The molecule has 0 aliphatic heterocycles. The third-order valence-corrected chi connectivity index (χ3v) is 3.17. The van der Waals surface area contributed by atoms with Crippen LogP contribution in [-0.2, 0) is 0 Å². The van der Waals surface area contributed by atoms with Crippen LogP contribution in [0.2, 0.25) is 0 Å². The molecule has 1 heterocycles. The summed E-state index contributed by atoms with van der Waals surface area (Å²) in [7, 11) is 0. The van der Waals surface area contributed by atoms with Crippen molar-refractivity contribution in [2.45, 2.75) is 25.1 Å². The monoisotopic (exact) mass is 309 g/mol. The quantitative estimate of drug-likeness (QED) is 0.672. The molecule has 1 N–H and O–H groups in total. The molecule has 0 aliphatic carbocycles. The van der Waals surface area contributed by atoms with Crippen molar-refractivity contribution in [3.8, 4) is 5.75 Å². The number of ketones is 1. The molecule has 3 nitrogen and oxygen atoms in total. The van der Waals surface area contributed by atoms with Gasteiger partial charge in [0, 0.05) is 22.7 Å². The summed E-state index contributed by atoms with van der Waals surface area (Å²) >= 11 is 3.31. The second-order valence-corrected chi connectivity index (χ2v) is 5.61. The molecule has 2 aromatic rings. The normalized spacial score (nSPS) is 12.6. The van der Waals surface area contributed by atoms with Gasteiger partial charge in [-0.3, -0.25) is 4.79 Å². The van der Waals surface area contributed by atoms with Gasteiger partial charge in [-0.05, 0) is 31.5 Å². The lowest BCUT2D eigenvalue weighted by atomic mass is 10.1. The van der Waals surface area contributed by atoms with Gasteiger partial charge in [-0.2, -0.15) is 0 Å². The van der Waals surface area contributed by atoms with Crippen molar-refractivity contribution in [1.29, 1.82) is 0 Å². The molecule has 2 rings (SSSR count). The van der Waals surface area contributed by atoms with Gasteiger partial charge in [0.1, 0.15) is 5.75 Å². The first-order chi connectivity index (χ1) is 8.63. The van der Waals surface area contributed by atoms with Gasteiger partial charge in [-0.25, -0.2) is 0 Å². The predicted octanol–water partition coefficient (Wildman–Crippen LogP) is 3.92. The van der Waals surface area contributed by atoms with Gasteiger partial charge in [0.15, 0.2) is 5.78 Å². The summed E-state index contributed by atoms with van der Waals surface area (Å²) in [5.41, 5.74) is 1.66. The van der Waals surface area contributed by atoms with Gasteiger partial charge < -0.3 is 9.72 Å². The van der Waals surface area contributed by atoms with Crippen molar-refractivity contribution >= 4 is 32.6 Å². The highest BCUT2D eigenvalue weighted by molar-refractivity contribution is 9.10. The molecule has 1 atom stereocenters. The van der Waals surface area contributed by atoms with Crippen molar-refractivity contribution in [2.24, 2.45) is 0 Å². The molecule has 0 aliphatic rings. The van der Waals surface area contributed by atoms with Crippen molar-refractivity contribution < 1.29 is 9.53 Å². The highest BCUT2D eigenvalue weighted by Crippen LogP contribution is 2.25. The Labute approximate surface area is 115 Å². The molecule has 0 fully saturated rings. The average Bonchev–Trinajstić information content (AvgIpc) is 2.78. The molecule has 0 amide bonds. The van der Waals surface area contributed by atoms with Crippen LogP contribution in [0.1, 0.15) is 30.6 Å². The van der Waals surface area contributed by atoms with E-state index in [1.165, 1.54) is 0 Å².